The summed E-state index contributed by atoms with van der Waals surface area (Å²) >= 11 is 9.76. The van der Waals surface area contributed by atoms with Gasteiger partial charge in [0.25, 0.3) is 0 Å². The third-order valence-corrected chi connectivity index (χ3v) is 4.73. The van der Waals surface area contributed by atoms with E-state index in [0.29, 0.717) is 10.5 Å². The Hall–Kier alpha value is -0.730. The third-order valence-electron chi connectivity index (χ3n) is 3.02. The maximum absolute atomic E-state index is 13.1. The van der Waals surface area contributed by atoms with Gasteiger partial charge in [-0.15, -0.1) is 0 Å². The van der Waals surface area contributed by atoms with Crippen molar-refractivity contribution in [3.05, 3.63) is 68.9 Å². The lowest BCUT2D eigenvalue weighted by atomic mass is 9.97. The van der Waals surface area contributed by atoms with E-state index in [4.69, 9.17) is 0 Å². The van der Waals surface area contributed by atoms with Crippen molar-refractivity contribution in [2.45, 2.75) is 9.91 Å². The summed E-state index contributed by atoms with van der Waals surface area (Å²) in [4.78, 5) is 12.5. The molecule has 0 aliphatic heterocycles. The second-order valence-corrected chi connectivity index (χ2v) is 8.47. The first-order valence-electron chi connectivity index (χ1n) is 6.10. The van der Waals surface area contributed by atoms with Crippen LogP contribution in [-0.2, 0) is 6.18 Å². The number of carbonyl (C=O) groups excluding carboxylic acids is 1. The Balaban J connectivity index is 2.54. The molecule has 0 bridgehead atoms. The highest BCUT2D eigenvalue weighted by Crippen LogP contribution is 2.36. The van der Waals surface area contributed by atoms with Gasteiger partial charge in [0, 0.05) is 15.6 Å². The normalized spacial score (nSPS) is 11.8. The monoisotopic (exact) mass is 516 g/mol. The molecular weight excluding hydrogens is 512 g/mol. The summed E-state index contributed by atoms with van der Waals surface area (Å²) in [7, 11) is 0. The van der Waals surface area contributed by atoms with E-state index in [2.05, 4.69) is 47.8 Å². The first-order chi connectivity index (χ1) is 10.6. The zero-order valence-electron chi connectivity index (χ0n) is 11.1. The number of ketones is 1. The van der Waals surface area contributed by atoms with E-state index in [1.54, 1.807) is 12.1 Å². The molecule has 8 heteroatoms. The lowest BCUT2D eigenvalue weighted by Crippen LogP contribution is -2.14. The van der Waals surface area contributed by atoms with Gasteiger partial charge in [0.2, 0.25) is 0 Å². The Morgan fingerprint density at radius 2 is 1.61 bits per heavy atom. The fourth-order valence-corrected chi connectivity index (χ4v) is 3.09. The van der Waals surface area contributed by atoms with E-state index in [-0.39, 0.29) is 9.30 Å². The SMILES string of the molecule is O=C(c1ccc(C(Br)Br)cc1Br)c1ccc(F)cc1C(F)(F)F. The zero-order chi connectivity index (χ0) is 17.4. The molecule has 0 aromatic heterocycles. The number of halogens is 7. The van der Waals surface area contributed by atoms with Crippen molar-refractivity contribution in [2.24, 2.45) is 0 Å². The van der Waals surface area contributed by atoms with Crippen molar-refractivity contribution in [3.63, 3.8) is 0 Å². The Kier molecular flexibility index (Phi) is 5.68. The molecule has 0 heterocycles. The van der Waals surface area contributed by atoms with E-state index in [0.717, 1.165) is 17.7 Å². The number of rotatable bonds is 3. The molecule has 0 aliphatic rings. The van der Waals surface area contributed by atoms with Crippen LogP contribution in [0.5, 0.6) is 0 Å². The highest BCUT2D eigenvalue weighted by atomic mass is 79.9. The molecule has 0 N–H and O–H groups in total. The minimum Gasteiger partial charge on any atom is -0.289 e. The molecule has 23 heavy (non-hydrogen) atoms. The summed E-state index contributed by atoms with van der Waals surface area (Å²) in [5, 5.41) is 0. The fourth-order valence-electron chi connectivity index (χ4n) is 1.95. The fraction of sp³-hybridized carbons (Fsp3) is 0.133. The average molecular weight is 519 g/mol. The number of hydrogen-bond acceptors (Lipinski definition) is 1. The van der Waals surface area contributed by atoms with Crippen LogP contribution in [-0.4, -0.2) is 5.78 Å². The summed E-state index contributed by atoms with van der Waals surface area (Å²) in [6.45, 7) is 0. The largest absolute Gasteiger partial charge is 0.417 e. The lowest BCUT2D eigenvalue weighted by molar-refractivity contribution is -0.138. The van der Waals surface area contributed by atoms with Gasteiger partial charge < -0.3 is 0 Å². The molecule has 2 aromatic rings. The predicted molar refractivity (Wildman–Crippen MR) is 89.6 cm³/mol. The lowest BCUT2D eigenvalue weighted by Gasteiger charge is -2.13. The van der Waals surface area contributed by atoms with Crippen LogP contribution < -0.4 is 0 Å². The summed E-state index contributed by atoms with van der Waals surface area (Å²) in [5.41, 5.74) is -1.05. The molecule has 0 aliphatic carbocycles. The molecule has 0 saturated heterocycles. The van der Waals surface area contributed by atoms with E-state index in [1.807, 2.05) is 0 Å². The van der Waals surface area contributed by atoms with Crippen molar-refractivity contribution in [2.75, 3.05) is 0 Å². The molecule has 0 fully saturated rings. The minimum atomic E-state index is -4.82. The number of benzene rings is 2. The van der Waals surface area contributed by atoms with Crippen molar-refractivity contribution in [1.82, 2.24) is 0 Å². The van der Waals surface area contributed by atoms with Crippen molar-refractivity contribution in [3.8, 4) is 0 Å². The molecule has 2 rings (SSSR count). The van der Waals surface area contributed by atoms with Gasteiger partial charge in [-0.3, -0.25) is 4.79 Å². The maximum atomic E-state index is 13.1. The van der Waals surface area contributed by atoms with Crippen LogP contribution >= 0.6 is 47.8 Å². The average Bonchev–Trinajstić information content (AvgIpc) is 2.45. The van der Waals surface area contributed by atoms with Crippen molar-refractivity contribution >= 4 is 53.6 Å². The van der Waals surface area contributed by atoms with Gasteiger partial charge >= 0.3 is 6.18 Å². The second-order valence-electron chi connectivity index (χ2n) is 4.56. The maximum Gasteiger partial charge on any atom is 0.417 e. The van der Waals surface area contributed by atoms with E-state index in [9.17, 15) is 22.4 Å². The van der Waals surface area contributed by atoms with Crippen LogP contribution in [0.3, 0.4) is 0 Å². The van der Waals surface area contributed by atoms with Gasteiger partial charge in [-0.05, 0) is 35.9 Å². The smallest absolute Gasteiger partial charge is 0.289 e. The predicted octanol–water partition coefficient (Wildman–Crippen LogP) is 6.63. The molecule has 0 spiro atoms. The molecule has 0 saturated carbocycles. The molecule has 0 amide bonds. The van der Waals surface area contributed by atoms with E-state index in [1.165, 1.54) is 6.07 Å². The standard InChI is InChI=1S/C15H7Br3F4O/c16-12-5-7(14(17)18)1-3-10(12)13(23)9-4-2-8(19)6-11(9)15(20,21)22/h1-6,14H. The van der Waals surface area contributed by atoms with Crippen LogP contribution in [0.15, 0.2) is 40.9 Å². The number of alkyl halides is 5. The van der Waals surface area contributed by atoms with Crippen molar-refractivity contribution in [1.29, 1.82) is 0 Å². The quantitative estimate of drug-likeness (QED) is 0.253. The number of hydrogen-bond donors (Lipinski definition) is 0. The van der Waals surface area contributed by atoms with Crippen LogP contribution in [0.1, 0.15) is 30.8 Å². The summed E-state index contributed by atoms with van der Waals surface area (Å²) in [6, 6.07) is 6.63. The van der Waals surface area contributed by atoms with Gasteiger partial charge in [-0.25, -0.2) is 4.39 Å². The molecule has 0 unspecified atom stereocenters. The molecule has 2 aromatic carbocycles. The van der Waals surface area contributed by atoms with Crippen molar-refractivity contribution < 1.29 is 22.4 Å². The summed E-state index contributed by atoms with van der Waals surface area (Å²) in [5.74, 6) is -1.89. The van der Waals surface area contributed by atoms with Gasteiger partial charge in [0.15, 0.2) is 5.78 Å². The first kappa shape index (κ1) is 18.6. The highest BCUT2D eigenvalue weighted by Gasteiger charge is 2.36. The van der Waals surface area contributed by atoms with Crippen LogP contribution in [0.4, 0.5) is 17.6 Å². The Labute approximate surface area is 154 Å². The van der Waals surface area contributed by atoms with E-state index < -0.39 is 28.9 Å². The van der Waals surface area contributed by atoms with Gasteiger partial charge in [-0.1, -0.05) is 53.9 Å². The summed E-state index contributed by atoms with van der Waals surface area (Å²) < 4.78 is 52.4. The highest BCUT2D eigenvalue weighted by molar-refractivity contribution is 9.24. The topological polar surface area (TPSA) is 17.1 Å². The molecule has 122 valence electrons. The minimum absolute atomic E-state index is 0.0616. The van der Waals surface area contributed by atoms with Crippen LogP contribution in [0.25, 0.3) is 0 Å². The molecule has 0 radical (unpaired) electrons. The second kappa shape index (κ2) is 7.03. The van der Waals surface area contributed by atoms with Gasteiger partial charge in [-0.2, -0.15) is 13.2 Å². The molecule has 0 atom stereocenters. The number of carbonyl (C=O) groups is 1. The Morgan fingerprint density at radius 1 is 1.00 bits per heavy atom. The molecular formula is C15H7Br3F4O. The Bertz CT molecular complexity index is 757. The summed E-state index contributed by atoms with van der Waals surface area (Å²) in [6.07, 6.45) is -4.82. The van der Waals surface area contributed by atoms with Crippen LogP contribution in [0.2, 0.25) is 0 Å². The van der Waals surface area contributed by atoms with Gasteiger partial charge in [0.05, 0.1) is 9.30 Å². The van der Waals surface area contributed by atoms with E-state index >= 15 is 0 Å². The van der Waals surface area contributed by atoms with Gasteiger partial charge in [0.1, 0.15) is 5.82 Å². The molecule has 1 nitrogen and oxygen atoms in total. The third kappa shape index (κ3) is 4.22. The Morgan fingerprint density at radius 3 is 2.13 bits per heavy atom. The van der Waals surface area contributed by atoms with Crippen LogP contribution in [0, 0.1) is 5.82 Å². The first-order valence-corrected chi connectivity index (χ1v) is 8.72. The zero-order valence-corrected chi connectivity index (χ0v) is 15.9.